The lowest BCUT2D eigenvalue weighted by atomic mass is 9.81. The minimum absolute atomic E-state index is 0.0108. The van der Waals surface area contributed by atoms with Gasteiger partial charge in [-0.3, -0.25) is 9.78 Å². The van der Waals surface area contributed by atoms with Gasteiger partial charge < -0.3 is 19.3 Å². The molecule has 1 fully saturated rings. The average molecular weight is 500 g/mol. The standard InChI is InChI=1S/C27H34FN3O3S/c1-30-13-10-21(17-30)35-15-3-12-31-14-9-19(24(18-31)27(32)33)4-6-25(28)22-8-11-29-26-7-5-20(34-2)16-23(22)26/h5,7-8,10-11,13,16-17,19,24-25H,3-4,6,9,12,14-15,18H2,1-2H3,(H,32,33)/t19-,24+,25-/m1/s1. The van der Waals surface area contributed by atoms with E-state index in [0.29, 0.717) is 30.7 Å². The number of methoxy groups -OCH3 is 1. The van der Waals surface area contributed by atoms with Gasteiger partial charge in [-0.1, -0.05) is 0 Å². The zero-order valence-corrected chi connectivity index (χ0v) is 21.2. The number of carbonyl (C=O) groups is 1. The first-order valence-corrected chi connectivity index (χ1v) is 13.2. The van der Waals surface area contributed by atoms with Crippen molar-refractivity contribution in [2.45, 2.75) is 36.8 Å². The number of pyridine rings is 1. The SMILES string of the molecule is COc1ccc2nccc([C@H](F)CC[C@@H]3CCN(CCCSc4ccn(C)c4)C[C@@H]3C(=O)O)c2c1. The third-order valence-electron chi connectivity index (χ3n) is 6.96. The lowest BCUT2D eigenvalue weighted by Crippen LogP contribution is -2.44. The van der Waals surface area contributed by atoms with E-state index < -0.39 is 18.1 Å². The van der Waals surface area contributed by atoms with Crippen molar-refractivity contribution in [3.05, 3.63) is 54.5 Å². The van der Waals surface area contributed by atoms with Gasteiger partial charge in [0.05, 0.1) is 18.5 Å². The first-order valence-electron chi connectivity index (χ1n) is 12.2. The van der Waals surface area contributed by atoms with Crippen LogP contribution in [0.5, 0.6) is 5.75 Å². The van der Waals surface area contributed by atoms with E-state index in [2.05, 4.69) is 22.1 Å². The number of likely N-dealkylation sites (tertiary alicyclic amines) is 1. The van der Waals surface area contributed by atoms with E-state index in [1.54, 1.807) is 19.4 Å². The number of halogens is 1. The van der Waals surface area contributed by atoms with Crippen molar-refractivity contribution < 1.29 is 19.0 Å². The van der Waals surface area contributed by atoms with Gasteiger partial charge in [-0.15, -0.1) is 11.8 Å². The summed E-state index contributed by atoms with van der Waals surface area (Å²) in [5.74, 6) is 0.443. The van der Waals surface area contributed by atoms with Crippen molar-refractivity contribution in [3.8, 4) is 5.75 Å². The number of ether oxygens (including phenoxy) is 1. The number of fused-ring (bicyclic) bond motifs is 1. The molecule has 1 N–H and O–H groups in total. The molecule has 1 saturated heterocycles. The number of aromatic nitrogens is 2. The smallest absolute Gasteiger partial charge is 0.308 e. The summed E-state index contributed by atoms with van der Waals surface area (Å²) in [5.41, 5.74) is 1.32. The van der Waals surface area contributed by atoms with Gasteiger partial charge in [0.1, 0.15) is 11.9 Å². The molecule has 4 rings (SSSR count). The molecule has 1 aromatic carbocycles. The second kappa shape index (κ2) is 11.9. The van der Waals surface area contributed by atoms with Gasteiger partial charge in [-0.2, -0.15) is 0 Å². The number of aliphatic carboxylic acids is 1. The first kappa shape index (κ1) is 25.5. The highest BCUT2D eigenvalue weighted by Gasteiger charge is 2.34. The second-order valence-corrected chi connectivity index (χ2v) is 10.5. The molecule has 188 valence electrons. The molecule has 0 amide bonds. The predicted molar refractivity (Wildman–Crippen MR) is 138 cm³/mol. The molecule has 2 aromatic heterocycles. The molecule has 0 spiro atoms. The number of aryl methyl sites for hydroxylation is 1. The van der Waals surface area contributed by atoms with Gasteiger partial charge >= 0.3 is 5.97 Å². The van der Waals surface area contributed by atoms with Gasteiger partial charge in [0.25, 0.3) is 0 Å². The summed E-state index contributed by atoms with van der Waals surface area (Å²) >= 11 is 1.83. The minimum Gasteiger partial charge on any atom is -0.497 e. The average Bonchev–Trinajstić information content (AvgIpc) is 3.29. The normalized spacial score (nSPS) is 19.6. The fraction of sp³-hybridized carbons (Fsp3) is 0.481. The molecule has 3 aromatic rings. The van der Waals surface area contributed by atoms with E-state index in [-0.39, 0.29) is 5.92 Å². The van der Waals surface area contributed by atoms with Crippen LogP contribution in [0, 0.1) is 11.8 Å². The van der Waals surface area contributed by atoms with Crippen LogP contribution in [-0.4, -0.2) is 58.0 Å². The molecule has 0 aliphatic carbocycles. The highest BCUT2D eigenvalue weighted by Crippen LogP contribution is 2.35. The number of carboxylic acids is 1. The van der Waals surface area contributed by atoms with Crippen molar-refractivity contribution in [1.82, 2.24) is 14.5 Å². The Kier molecular flexibility index (Phi) is 8.68. The summed E-state index contributed by atoms with van der Waals surface area (Å²) in [6, 6.07) is 9.30. The maximum Gasteiger partial charge on any atom is 0.308 e. The first-order chi connectivity index (χ1) is 16.9. The molecule has 35 heavy (non-hydrogen) atoms. The topological polar surface area (TPSA) is 67.6 Å². The van der Waals surface area contributed by atoms with Crippen LogP contribution in [0.3, 0.4) is 0 Å². The van der Waals surface area contributed by atoms with Gasteiger partial charge in [-0.05, 0) is 86.3 Å². The number of nitrogens with zero attached hydrogens (tertiary/aromatic N) is 3. The molecular formula is C27H34FN3O3S. The summed E-state index contributed by atoms with van der Waals surface area (Å²) in [6.07, 6.45) is 7.28. The van der Waals surface area contributed by atoms with Crippen LogP contribution in [-0.2, 0) is 11.8 Å². The summed E-state index contributed by atoms with van der Waals surface area (Å²) in [5, 5.41) is 10.6. The summed E-state index contributed by atoms with van der Waals surface area (Å²) in [7, 11) is 3.60. The van der Waals surface area contributed by atoms with Crippen LogP contribution in [0.4, 0.5) is 4.39 Å². The summed E-state index contributed by atoms with van der Waals surface area (Å²) in [6.45, 7) is 2.31. The zero-order valence-electron chi connectivity index (χ0n) is 20.4. The number of alkyl halides is 1. The van der Waals surface area contributed by atoms with Gasteiger partial charge in [-0.25, -0.2) is 4.39 Å². The van der Waals surface area contributed by atoms with Crippen LogP contribution >= 0.6 is 11.8 Å². The third-order valence-corrected chi connectivity index (χ3v) is 8.03. The fourth-order valence-corrected chi connectivity index (χ4v) is 5.91. The van der Waals surface area contributed by atoms with Crippen molar-refractivity contribution in [3.63, 3.8) is 0 Å². The van der Waals surface area contributed by atoms with E-state index in [0.717, 1.165) is 42.6 Å². The van der Waals surface area contributed by atoms with Gasteiger partial charge in [0.15, 0.2) is 0 Å². The van der Waals surface area contributed by atoms with E-state index in [1.807, 2.05) is 47.8 Å². The Balaban J connectivity index is 1.30. The Hall–Kier alpha value is -2.58. The quantitative estimate of drug-likeness (QED) is 0.275. The van der Waals surface area contributed by atoms with E-state index in [4.69, 9.17) is 4.74 Å². The lowest BCUT2D eigenvalue weighted by Gasteiger charge is -2.36. The number of benzene rings is 1. The van der Waals surface area contributed by atoms with Gasteiger partial charge in [0.2, 0.25) is 0 Å². The Labute approximate surface area is 210 Å². The zero-order chi connectivity index (χ0) is 24.8. The van der Waals surface area contributed by atoms with Crippen molar-refractivity contribution >= 4 is 28.6 Å². The summed E-state index contributed by atoms with van der Waals surface area (Å²) in [4.78, 5) is 19.9. The maximum atomic E-state index is 15.4. The van der Waals surface area contributed by atoms with E-state index in [9.17, 15) is 9.90 Å². The van der Waals surface area contributed by atoms with Crippen molar-refractivity contribution in [2.24, 2.45) is 18.9 Å². The Morgan fingerprint density at radius 1 is 1.34 bits per heavy atom. The molecule has 0 saturated carbocycles. The van der Waals surface area contributed by atoms with Crippen LogP contribution in [0.25, 0.3) is 10.9 Å². The molecule has 1 aliphatic rings. The van der Waals surface area contributed by atoms with Crippen LogP contribution in [0.1, 0.15) is 37.4 Å². The Bertz CT molecular complexity index is 1140. The van der Waals surface area contributed by atoms with E-state index >= 15 is 4.39 Å². The minimum atomic E-state index is -1.17. The monoisotopic (exact) mass is 499 g/mol. The Morgan fingerprint density at radius 2 is 2.20 bits per heavy atom. The van der Waals surface area contributed by atoms with E-state index in [1.165, 1.54) is 4.90 Å². The number of hydrogen-bond donors (Lipinski definition) is 1. The number of carboxylic acid groups (broad SMARTS) is 1. The van der Waals surface area contributed by atoms with Crippen molar-refractivity contribution in [1.29, 1.82) is 0 Å². The second-order valence-electron chi connectivity index (χ2n) is 9.34. The highest BCUT2D eigenvalue weighted by molar-refractivity contribution is 7.99. The van der Waals surface area contributed by atoms with Crippen LogP contribution < -0.4 is 4.74 Å². The fourth-order valence-electron chi connectivity index (χ4n) is 5.00. The number of hydrogen-bond acceptors (Lipinski definition) is 5. The predicted octanol–water partition coefficient (Wildman–Crippen LogP) is 5.58. The number of piperidine rings is 1. The third kappa shape index (κ3) is 6.55. The van der Waals surface area contributed by atoms with Crippen LogP contribution in [0.2, 0.25) is 0 Å². The maximum absolute atomic E-state index is 15.4. The van der Waals surface area contributed by atoms with Crippen molar-refractivity contribution in [2.75, 3.05) is 32.5 Å². The molecule has 3 atom stereocenters. The molecule has 1 aliphatic heterocycles. The van der Waals surface area contributed by atoms with Crippen LogP contribution in [0.15, 0.2) is 53.8 Å². The highest BCUT2D eigenvalue weighted by atomic mass is 32.2. The largest absolute Gasteiger partial charge is 0.497 e. The molecule has 6 nitrogen and oxygen atoms in total. The molecule has 8 heteroatoms. The molecule has 0 radical (unpaired) electrons. The molecule has 3 heterocycles. The Morgan fingerprint density at radius 3 is 2.94 bits per heavy atom. The van der Waals surface area contributed by atoms with Gasteiger partial charge in [0, 0.05) is 42.5 Å². The number of rotatable bonds is 11. The summed E-state index contributed by atoms with van der Waals surface area (Å²) < 4.78 is 22.7. The lowest BCUT2D eigenvalue weighted by molar-refractivity contribution is -0.146. The molecular weight excluding hydrogens is 465 g/mol. The number of thioether (sulfide) groups is 1. The molecule has 0 bridgehead atoms. The molecule has 0 unspecified atom stereocenters.